The SMILES string of the molecule is CC[C@@H](Nc1ccc(S(N)(=O)=O)c(C)c1-c1cn(C)cn1)c1ccccc1. The van der Waals surface area contributed by atoms with Crippen molar-refractivity contribution in [1.82, 2.24) is 9.55 Å². The number of hydrogen-bond acceptors (Lipinski definition) is 4. The van der Waals surface area contributed by atoms with Crippen LogP contribution in [-0.2, 0) is 17.1 Å². The van der Waals surface area contributed by atoms with E-state index in [9.17, 15) is 8.42 Å². The highest BCUT2D eigenvalue weighted by Crippen LogP contribution is 2.36. The summed E-state index contributed by atoms with van der Waals surface area (Å²) >= 11 is 0. The van der Waals surface area contributed by atoms with Gasteiger partial charge in [0.2, 0.25) is 10.0 Å². The number of rotatable bonds is 6. The third kappa shape index (κ3) is 4.04. The van der Waals surface area contributed by atoms with Crippen molar-refractivity contribution in [2.45, 2.75) is 31.2 Å². The first-order valence-corrected chi connectivity index (χ1v) is 10.3. The largest absolute Gasteiger partial charge is 0.378 e. The summed E-state index contributed by atoms with van der Waals surface area (Å²) in [7, 11) is -1.95. The first-order valence-electron chi connectivity index (χ1n) is 8.77. The summed E-state index contributed by atoms with van der Waals surface area (Å²) < 4.78 is 25.8. The second-order valence-electron chi connectivity index (χ2n) is 6.60. The number of anilines is 1. The minimum absolute atomic E-state index is 0.0911. The molecule has 142 valence electrons. The van der Waals surface area contributed by atoms with E-state index < -0.39 is 10.0 Å². The molecular weight excluding hydrogens is 360 g/mol. The third-order valence-electron chi connectivity index (χ3n) is 4.62. The van der Waals surface area contributed by atoms with E-state index in [2.05, 4.69) is 29.4 Å². The van der Waals surface area contributed by atoms with Crippen LogP contribution in [0.5, 0.6) is 0 Å². The van der Waals surface area contributed by atoms with Crippen molar-refractivity contribution in [1.29, 1.82) is 0 Å². The Bertz CT molecular complexity index is 1040. The Kier molecular flexibility index (Phi) is 5.34. The minimum atomic E-state index is -3.82. The Hall–Kier alpha value is -2.64. The normalized spacial score (nSPS) is 12.7. The maximum atomic E-state index is 12.0. The summed E-state index contributed by atoms with van der Waals surface area (Å²) in [6.07, 6.45) is 4.43. The van der Waals surface area contributed by atoms with Crippen LogP contribution in [0.25, 0.3) is 11.3 Å². The number of aryl methyl sites for hydroxylation is 1. The highest BCUT2D eigenvalue weighted by molar-refractivity contribution is 7.89. The highest BCUT2D eigenvalue weighted by Gasteiger charge is 2.21. The predicted octanol–water partition coefficient (Wildman–Crippen LogP) is 3.61. The molecule has 2 aromatic carbocycles. The average Bonchev–Trinajstić information content (AvgIpc) is 3.05. The number of imidazole rings is 1. The Morgan fingerprint density at radius 3 is 2.44 bits per heavy atom. The minimum Gasteiger partial charge on any atom is -0.378 e. The molecule has 1 heterocycles. The van der Waals surface area contributed by atoms with Gasteiger partial charge < -0.3 is 9.88 Å². The van der Waals surface area contributed by atoms with E-state index in [4.69, 9.17) is 5.14 Å². The molecule has 6 nitrogen and oxygen atoms in total. The molecule has 0 bridgehead atoms. The van der Waals surface area contributed by atoms with Crippen molar-refractivity contribution in [3.8, 4) is 11.3 Å². The Balaban J connectivity index is 2.13. The monoisotopic (exact) mass is 384 g/mol. The van der Waals surface area contributed by atoms with E-state index in [-0.39, 0.29) is 10.9 Å². The molecule has 0 saturated heterocycles. The molecule has 0 fully saturated rings. The predicted molar refractivity (Wildman–Crippen MR) is 108 cm³/mol. The van der Waals surface area contributed by atoms with Gasteiger partial charge in [0.05, 0.1) is 23.0 Å². The van der Waals surface area contributed by atoms with Crippen LogP contribution in [-0.4, -0.2) is 18.0 Å². The van der Waals surface area contributed by atoms with E-state index in [0.29, 0.717) is 11.3 Å². The van der Waals surface area contributed by atoms with Crippen molar-refractivity contribution in [2.75, 3.05) is 5.32 Å². The molecule has 0 unspecified atom stereocenters. The molecule has 0 aliphatic rings. The summed E-state index contributed by atoms with van der Waals surface area (Å²) in [5.74, 6) is 0. The van der Waals surface area contributed by atoms with Gasteiger partial charge in [-0.3, -0.25) is 0 Å². The molecule has 0 spiro atoms. The van der Waals surface area contributed by atoms with Crippen LogP contribution in [0.1, 0.15) is 30.5 Å². The van der Waals surface area contributed by atoms with Gasteiger partial charge in [0.25, 0.3) is 0 Å². The molecule has 1 aromatic heterocycles. The zero-order valence-electron chi connectivity index (χ0n) is 15.7. The lowest BCUT2D eigenvalue weighted by Gasteiger charge is -2.22. The summed E-state index contributed by atoms with van der Waals surface area (Å²) in [6, 6.07) is 13.6. The molecule has 3 rings (SSSR count). The third-order valence-corrected chi connectivity index (χ3v) is 5.68. The van der Waals surface area contributed by atoms with Gasteiger partial charge in [0, 0.05) is 24.5 Å². The van der Waals surface area contributed by atoms with Gasteiger partial charge in [-0.25, -0.2) is 18.5 Å². The standard InChI is InChI=1S/C20H24N4O2S/c1-4-16(15-8-6-5-7-9-15)23-17-10-11-19(27(21,25)26)14(2)20(17)18-12-24(3)13-22-18/h5-13,16,23H,4H2,1-3H3,(H2,21,25,26)/t16-/m1/s1. The van der Waals surface area contributed by atoms with Crippen LogP contribution in [0.3, 0.4) is 0 Å². The van der Waals surface area contributed by atoms with Gasteiger partial charge in [0.1, 0.15) is 0 Å². The molecule has 0 amide bonds. The highest BCUT2D eigenvalue weighted by atomic mass is 32.2. The van der Waals surface area contributed by atoms with Gasteiger partial charge in [0.15, 0.2) is 0 Å². The van der Waals surface area contributed by atoms with Crippen LogP contribution < -0.4 is 10.5 Å². The summed E-state index contributed by atoms with van der Waals surface area (Å²) in [5, 5.41) is 8.96. The Morgan fingerprint density at radius 2 is 1.89 bits per heavy atom. The molecule has 0 saturated carbocycles. The van der Waals surface area contributed by atoms with Gasteiger partial charge in [-0.15, -0.1) is 0 Å². The van der Waals surface area contributed by atoms with Gasteiger partial charge >= 0.3 is 0 Å². The van der Waals surface area contributed by atoms with Crippen LogP contribution >= 0.6 is 0 Å². The fourth-order valence-electron chi connectivity index (χ4n) is 3.29. The maximum absolute atomic E-state index is 12.0. The van der Waals surface area contributed by atoms with Crippen molar-refractivity contribution < 1.29 is 8.42 Å². The molecule has 27 heavy (non-hydrogen) atoms. The number of primary sulfonamides is 1. The van der Waals surface area contributed by atoms with E-state index in [1.165, 1.54) is 5.56 Å². The molecule has 7 heteroatoms. The molecule has 0 aliphatic heterocycles. The quantitative estimate of drug-likeness (QED) is 0.679. The van der Waals surface area contributed by atoms with Crippen molar-refractivity contribution >= 4 is 15.7 Å². The van der Waals surface area contributed by atoms with Crippen molar-refractivity contribution in [3.63, 3.8) is 0 Å². The lowest BCUT2D eigenvalue weighted by Crippen LogP contribution is -2.16. The molecule has 0 radical (unpaired) electrons. The van der Waals surface area contributed by atoms with Gasteiger partial charge in [-0.2, -0.15) is 0 Å². The lowest BCUT2D eigenvalue weighted by molar-refractivity contribution is 0.597. The molecule has 1 atom stereocenters. The van der Waals surface area contributed by atoms with Gasteiger partial charge in [-0.05, 0) is 36.6 Å². The smallest absolute Gasteiger partial charge is 0.238 e. The first-order chi connectivity index (χ1) is 12.8. The Morgan fingerprint density at radius 1 is 1.19 bits per heavy atom. The maximum Gasteiger partial charge on any atom is 0.238 e. The first kappa shape index (κ1) is 19.1. The number of benzene rings is 2. The van der Waals surface area contributed by atoms with Gasteiger partial charge in [-0.1, -0.05) is 37.3 Å². The molecule has 3 N–H and O–H groups in total. The molecular formula is C20H24N4O2S. The van der Waals surface area contributed by atoms with Crippen LogP contribution in [0, 0.1) is 6.92 Å². The lowest BCUT2D eigenvalue weighted by atomic mass is 10.00. The average molecular weight is 385 g/mol. The van der Waals surface area contributed by atoms with Crippen LogP contribution in [0.15, 0.2) is 59.9 Å². The number of nitrogens with one attached hydrogen (secondary N) is 1. The number of sulfonamides is 1. The fraction of sp³-hybridized carbons (Fsp3) is 0.250. The second kappa shape index (κ2) is 7.54. The number of nitrogens with zero attached hydrogens (tertiary/aromatic N) is 2. The topological polar surface area (TPSA) is 90.0 Å². The van der Waals surface area contributed by atoms with E-state index >= 15 is 0 Å². The van der Waals surface area contributed by atoms with E-state index in [0.717, 1.165) is 17.7 Å². The van der Waals surface area contributed by atoms with Crippen LogP contribution in [0.2, 0.25) is 0 Å². The fourth-order valence-corrected chi connectivity index (χ4v) is 4.07. The number of hydrogen-bond donors (Lipinski definition) is 2. The molecule has 0 aliphatic carbocycles. The summed E-state index contributed by atoms with van der Waals surface area (Å²) in [6.45, 7) is 3.87. The molecule has 3 aromatic rings. The van der Waals surface area contributed by atoms with Crippen molar-refractivity contribution in [3.05, 3.63) is 66.1 Å². The second-order valence-corrected chi connectivity index (χ2v) is 8.13. The summed E-state index contributed by atoms with van der Waals surface area (Å²) in [4.78, 5) is 4.54. The zero-order chi connectivity index (χ0) is 19.6. The zero-order valence-corrected chi connectivity index (χ0v) is 16.5. The summed E-state index contributed by atoms with van der Waals surface area (Å²) in [5.41, 5.74) is 4.03. The number of aromatic nitrogens is 2. The number of nitrogens with two attached hydrogens (primary N) is 1. The van der Waals surface area contributed by atoms with E-state index in [1.807, 2.05) is 36.0 Å². The van der Waals surface area contributed by atoms with Crippen molar-refractivity contribution in [2.24, 2.45) is 12.2 Å². The van der Waals surface area contributed by atoms with E-state index in [1.54, 1.807) is 25.4 Å². The Labute approximate surface area is 160 Å². The van der Waals surface area contributed by atoms with Crippen LogP contribution in [0.4, 0.5) is 5.69 Å².